The van der Waals surface area contributed by atoms with Crippen molar-refractivity contribution in [2.75, 3.05) is 20.3 Å². The van der Waals surface area contributed by atoms with Crippen molar-refractivity contribution >= 4 is 5.97 Å². The SMILES string of the molecule is CCC(C(=O)OC)C1(C2CCCCC2)COC1. The first-order valence-corrected chi connectivity index (χ1v) is 6.90. The van der Waals surface area contributed by atoms with Gasteiger partial charge in [-0.1, -0.05) is 26.2 Å². The Morgan fingerprint density at radius 1 is 1.35 bits per heavy atom. The Bertz CT molecular complexity index is 265. The zero-order valence-electron chi connectivity index (χ0n) is 11.0. The summed E-state index contributed by atoms with van der Waals surface area (Å²) >= 11 is 0. The molecule has 0 N–H and O–H groups in total. The second-order valence-electron chi connectivity index (χ2n) is 5.54. The number of methoxy groups -OCH3 is 1. The molecular formula is C14H24O3. The van der Waals surface area contributed by atoms with Crippen molar-refractivity contribution in [3.05, 3.63) is 0 Å². The van der Waals surface area contributed by atoms with Gasteiger partial charge in [-0.05, 0) is 25.2 Å². The topological polar surface area (TPSA) is 35.5 Å². The van der Waals surface area contributed by atoms with Crippen molar-refractivity contribution in [1.29, 1.82) is 0 Å². The van der Waals surface area contributed by atoms with Gasteiger partial charge in [0.1, 0.15) is 0 Å². The molecule has 98 valence electrons. The molecule has 17 heavy (non-hydrogen) atoms. The van der Waals surface area contributed by atoms with Crippen LogP contribution >= 0.6 is 0 Å². The molecule has 1 unspecified atom stereocenters. The monoisotopic (exact) mass is 240 g/mol. The minimum absolute atomic E-state index is 0.0318. The van der Waals surface area contributed by atoms with Crippen molar-refractivity contribution in [2.45, 2.75) is 45.4 Å². The van der Waals surface area contributed by atoms with E-state index in [2.05, 4.69) is 6.92 Å². The summed E-state index contributed by atoms with van der Waals surface area (Å²) in [6.07, 6.45) is 7.36. The van der Waals surface area contributed by atoms with E-state index >= 15 is 0 Å². The van der Waals surface area contributed by atoms with Crippen LogP contribution in [0.1, 0.15) is 45.4 Å². The van der Waals surface area contributed by atoms with E-state index in [1.165, 1.54) is 39.2 Å². The Kier molecular flexibility index (Phi) is 4.08. The molecule has 0 aromatic heterocycles. The predicted molar refractivity (Wildman–Crippen MR) is 65.6 cm³/mol. The molecule has 0 radical (unpaired) electrons. The third kappa shape index (κ3) is 2.22. The molecule has 0 aromatic rings. The van der Waals surface area contributed by atoms with E-state index in [9.17, 15) is 4.79 Å². The summed E-state index contributed by atoms with van der Waals surface area (Å²) in [7, 11) is 1.50. The first-order valence-electron chi connectivity index (χ1n) is 6.90. The minimum Gasteiger partial charge on any atom is -0.469 e. The van der Waals surface area contributed by atoms with Gasteiger partial charge >= 0.3 is 5.97 Å². The highest BCUT2D eigenvalue weighted by atomic mass is 16.5. The molecule has 1 atom stereocenters. The van der Waals surface area contributed by atoms with Crippen LogP contribution in [0.5, 0.6) is 0 Å². The lowest BCUT2D eigenvalue weighted by Gasteiger charge is -2.52. The van der Waals surface area contributed by atoms with Crippen LogP contribution in [0, 0.1) is 17.3 Å². The molecule has 0 aromatic carbocycles. The molecule has 2 fully saturated rings. The van der Waals surface area contributed by atoms with Gasteiger partial charge in [-0.2, -0.15) is 0 Å². The minimum atomic E-state index is -0.0404. The Hall–Kier alpha value is -0.570. The van der Waals surface area contributed by atoms with Gasteiger partial charge in [0.25, 0.3) is 0 Å². The van der Waals surface area contributed by atoms with Gasteiger partial charge in [0.15, 0.2) is 0 Å². The fourth-order valence-corrected chi connectivity index (χ4v) is 3.69. The first kappa shape index (κ1) is 12.9. The number of carbonyl (C=O) groups is 1. The smallest absolute Gasteiger partial charge is 0.309 e. The van der Waals surface area contributed by atoms with Crippen LogP contribution in [0.15, 0.2) is 0 Å². The molecule has 1 saturated carbocycles. The highest BCUT2D eigenvalue weighted by molar-refractivity contribution is 5.73. The highest BCUT2D eigenvalue weighted by Crippen LogP contribution is 2.50. The van der Waals surface area contributed by atoms with Crippen LogP contribution in [0.25, 0.3) is 0 Å². The van der Waals surface area contributed by atoms with E-state index in [0.717, 1.165) is 19.6 Å². The fraction of sp³-hybridized carbons (Fsp3) is 0.929. The number of esters is 1. The van der Waals surface area contributed by atoms with E-state index in [0.29, 0.717) is 5.92 Å². The van der Waals surface area contributed by atoms with Crippen LogP contribution in [0.3, 0.4) is 0 Å². The first-order chi connectivity index (χ1) is 8.24. The lowest BCUT2D eigenvalue weighted by atomic mass is 9.60. The van der Waals surface area contributed by atoms with Crippen LogP contribution < -0.4 is 0 Å². The molecule has 1 saturated heterocycles. The Labute approximate surface area is 104 Å². The summed E-state index contributed by atoms with van der Waals surface area (Å²) in [5.74, 6) is 0.653. The summed E-state index contributed by atoms with van der Waals surface area (Å²) in [6, 6.07) is 0. The average Bonchev–Trinajstić information content (AvgIpc) is 2.33. The Morgan fingerprint density at radius 2 is 2.00 bits per heavy atom. The van der Waals surface area contributed by atoms with E-state index in [1.54, 1.807) is 0 Å². The maximum atomic E-state index is 11.9. The normalized spacial score (nSPS) is 26.0. The third-order valence-electron chi connectivity index (χ3n) is 4.75. The lowest BCUT2D eigenvalue weighted by Crippen LogP contribution is -2.56. The lowest BCUT2D eigenvalue weighted by molar-refractivity contribution is -0.200. The van der Waals surface area contributed by atoms with Crippen LogP contribution in [-0.2, 0) is 14.3 Å². The number of hydrogen-bond donors (Lipinski definition) is 0. The predicted octanol–water partition coefficient (Wildman–Crippen LogP) is 2.78. The summed E-state index contributed by atoms with van der Waals surface area (Å²) in [4.78, 5) is 11.9. The van der Waals surface area contributed by atoms with Gasteiger partial charge in [-0.3, -0.25) is 4.79 Å². The van der Waals surface area contributed by atoms with Crippen LogP contribution in [0.2, 0.25) is 0 Å². The highest BCUT2D eigenvalue weighted by Gasteiger charge is 2.53. The fourth-order valence-electron chi connectivity index (χ4n) is 3.69. The van der Waals surface area contributed by atoms with E-state index in [1.807, 2.05) is 0 Å². The van der Waals surface area contributed by atoms with E-state index in [4.69, 9.17) is 9.47 Å². The zero-order chi connectivity index (χ0) is 12.3. The molecule has 0 spiro atoms. The van der Waals surface area contributed by atoms with Crippen LogP contribution in [-0.4, -0.2) is 26.3 Å². The summed E-state index contributed by atoms with van der Waals surface area (Å²) < 4.78 is 10.4. The van der Waals surface area contributed by atoms with Crippen molar-refractivity contribution in [1.82, 2.24) is 0 Å². The molecule has 3 nitrogen and oxygen atoms in total. The van der Waals surface area contributed by atoms with Gasteiger partial charge in [-0.25, -0.2) is 0 Å². The zero-order valence-corrected chi connectivity index (χ0v) is 11.0. The van der Waals surface area contributed by atoms with Gasteiger partial charge in [0.05, 0.1) is 26.2 Å². The van der Waals surface area contributed by atoms with Gasteiger partial charge in [-0.15, -0.1) is 0 Å². The second-order valence-corrected chi connectivity index (χ2v) is 5.54. The number of hydrogen-bond acceptors (Lipinski definition) is 3. The molecular weight excluding hydrogens is 216 g/mol. The molecule has 3 heteroatoms. The second kappa shape index (κ2) is 5.38. The Balaban J connectivity index is 2.13. The number of carbonyl (C=O) groups excluding carboxylic acids is 1. The largest absolute Gasteiger partial charge is 0.469 e. The Morgan fingerprint density at radius 3 is 2.41 bits per heavy atom. The van der Waals surface area contributed by atoms with Gasteiger partial charge in [0.2, 0.25) is 0 Å². The van der Waals surface area contributed by atoms with Crippen molar-refractivity contribution < 1.29 is 14.3 Å². The van der Waals surface area contributed by atoms with Gasteiger partial charge < -0.3 is 9.47 Å². The molecule has 0 amide bonds. The molecule has 1 heterocycles. The van der Waals surface area contributed by atoms with E-state index < -0.39 is 0 Å². The van der Waals surface area contributed by atoms with Crippen molar-refractivity contribution in [3.8, 4) is 0 Å². The standard InChI is InChI=1S/C14H24O3/c1-3-12(13(15)16-2)14(9-17-10-14)11-7-5-4-6-8-11/h11-12H,3-10H2,1-2H3. The average molecular weight is 240 g/mol. The van der Waals surface area contributed by atoms with Gasteiger partial charge in [0, 0.05) is 5.41 Å². The van der Waals surface area contributed by atoms with Crippen molar-refractivity contribution in [2.24, 2.45) is 17.3 Å². The van der Waals surface area contributed by atoms with Crippen LogP contribution in [0.4, 0.5) is 0 Å². The summed E-state index contributed by atoms with van der Waals surface area (Å²) in [6.45, 7) is 3.60. The maximum Gasteiger partial charge on any atom is 0.309 e. The maximum absolute atomic E-state index is 11.9. The molecule has 0 bridgehead atoms. The molecule has 1 aliphatic carbocycles. The molecule has 1 aliphatic heterocycles. The quantitative estimate of drug-likeness (QED) is 0.709. The summed E-state index contributed by atoms with van der Waals surface area (Å²) in [5, 5.41) is 0. The van der Waals surface area contributed by atoms with E-state index in [-0.39, 0.29) is 17.3 Å². The molecule has 2 aliphatic rings. The van der Waals surface area contributed by atoms with Crippen molar-refractivity contribution in [3.63, 3.8) is 0 Å². The molecule has 2 rings (SSSR count). The number of rotatable bonds is 4. The third-order valence-corrected chi connectivity index (χ3v) is 4.75. The summed E-state index contributed by atoms with van der Waals surface area (Å²) in [5.41, 5.74) is 0.0856. The number of ether oxygens (including phenoxy) is 2.